The molecule has 0 spiro atoms. The Hall–Kier alpha value is -2.54. The Labute approximate surface area is 141 Å². The Bertz CT molecular complexity index is 697. The van der Waals surface area contributed by atoms with E-state index in [1.54, 1.807) is 19.2 Å². The van der Waals surface area contributed by atoms with Crippen LogP contribution in [0.1, 0.15) is 22.0 Å². The van der Waals surface area contributed by atoms with E-state index in [2.05, 4.69) is 32.2 Å². The van der Waals surface area contributed by atoms with Crippen LogP contribution in [0.25, 0.3) is 0 Å². The van der Waals surface area contributed by atoms with Crippen molar-refractivity contribution in [2.45, 2.75) is 13.5 Å². The molecule has 1 aliphatic rings. The number of nitrogens with zero attached hydrogens (tertiary/aromatic N) is 5. The van der Waals surface area contributed by atoms with Crippen molar-refractivity contribution in [3.8, 4) is 0 Å². The second-order valence-corrected chi connectivity index (χ2v) is 5.96. The minimum absolute atomic E-state index is 0.0329. The lowest BCUT2D eigenvalue weighted by molar-refractivity contribution is 0.0658. The van der Waals surface area contributed by atoms with E-state index in [0.717, 1.165) is 31.9 Å². The number of aryl methyl sites for hydroxylation is 1. The van der Waals surface area contributed by atoms with Crippen LogP contribution >= 0.6 is 0 Å². The minimum atomic E-state index is -0.0329. The van der Waals surface area contributed by atoms with Gasteiger partial charge in [-0.05, 0) is 26.1 Å². The molecule has 3 heterocycles. The van der Waals surface area contributed by atoms with E-state index >= 15 is 0 Å². The molecule has 0 unspecified atom stereocenters. The third-order valence-electron chi connectivity index (χ3n) is 4.02. The number of aromatic nitrogens is 3. The number of piperazine rings is 1. The van der Waals surface area contributed by atoms with Crippen LogP contribution in [0.4, 0.5) is 5.82 Å². The Balaban J connectivity index is 1.70. The smallest absolute Gasteiger partial charge is 0.272 e. The first kappa shape index (κ1) is 16.3. The van der Waals surface area contributed by atoms with Gasteiger partial charge in [-0.15, -0.1) is 0 Å². The summed E-state index contributed by atoms with van der Waals surface area (Å²) >= 11 is 0. The first-order valence-corrected chi connectivity index (χ1v) is 8.09. The molecule has 0 aliphatic carbocycles. The normalized spacial score (nSPS) is 15.3. The number of likely N-dealkylation sites (N-methyl/N-ethyl adjacent to an activating group) is 1. The van der Waals surface area contributed by atoms with Crippen LogP contribution < -0.4 is 5.32 Å². The minimum Gasteiger partial charge on any atom is -0.364 e. The van der Waals surface area contributed by atoms with Gasteiger partial charge in [-0.1, -0.05) is 6.07 Å². The number of hydrogen-bond donors (Lipinski definition) is 1. The average molecular weight is 326 g/mol. The molecule has 1 fully saturated rings. The predicted molar refractivity (Wildman–Crippen MR) is 91.7 cm³/mol. The number of anilines is 1. The molecule has 2 aromatic rings. The Morgan fingerprint density at radius 3 is 2.71 bits per heavy atom. The van der Waals surface area contributed by atoms with E-state index in [9.17, 15) is 4.79 Å². The first-order chi connectivity index (χ1) is 11.6. The van der Waals surface area contributed by atoms with Gasteiger partial charge in [-0.3, -0.25) is 9.78 Å². The lowest BCUT2D eigenvalue weighted by Crippen LogP contribution is -2.47. The highest BCUT2D eigenvalue weighted by Crippen LogP contribution is 2.12. The molecule has 2 aromatic heterocycles. The second-order valence-electron chi connectivity index (χ2n) is 5.96. The third-order valence-corrected chi connectivity index (χ3v) is 4.02. The van der Waals surface area contributed by atoms with Crippen LogP contribution in [0.15, 0.2) is 30.5 Å². The molecule has 0 bridgehead atoms. The van der Waals surface area contributed by atoms with E-state index in [0.29, 0.717) is 23.9 Å². The summed E-state index contributed by atoms with van der Waals surface area (Å²) in [6, 6.07) is 7.48. The predicted octanol–water partition coefficient (Wildman–Crippen LogP) is 1.18. The maximum atomic E-state index is 12.7. The van der Waals surface area contributed by atoms with Gasteiger partial charge >= 0.3 is 0 Å². The molecule has 7 nitrogen and oxygen atoms in total. The number of carbonyl (C=O) groups excluding carboxylic acids is 1. The zero-order valence-corrected chi connectivity index (χ0v) is 14.1. The number of nitrogens with one attached hydrogen (secondary N) is 1. The molecular weight excluding hydrogens is 304 g/mol. The van der Waals surface area contributed by atoms with Crippen LogP contribution in [0.5, 0.6) is 0 Å². The summed E-state index contributed by atoms with van der Waals surface area (Å²) in [5.74, 6) is 1.19. The molecule has 7 heteroatoms. The van der Waals surface area contributed by atoms with E-state index in [-0.39, 0.29) is 5.91 Å². The van der Waals surface area contributed by atoms with Gasteiger partial charge in [0.15, 0.2) is 0 Å². The standard InChI is InChI=1S/C17H22N6O/c1-13-20-15(17(24)23-9-7-22(2)8-10-23)11-16(21-13)19-12-14-5-3-4-6-18-14/h3-6,11H,7-10,12H2,1-2H3,(H,19,20,21). The van der Waals surface area contributed by atoms with Gasteiger partial charge < -0.3 is 15.1 Å². The van der Waals surface area contributed by atoms with Gasteiger partial charge in [0.1, 0.15) is 17.3 Å². The van der Waals surface area contributed by atoms with Gasteiger partial charge in [-0.25, -0.2) is 9.97 Å². The molecule has 1 N–H and O–H groups in total. The lowest BCUT2D eigenvalue weighted by atomic mass is 10.2. The molecule has 1 saturated heterocycles. The highest BCUT2D eigenvalue weighted by molar-refractivity contribution is 5.93. The van der Waals surface area contributed by atoms with Crippen LogP contribution in [0, 0.1) is 6.92 Å². The number of pyridine rings is 1. The van der Waals surface area contributed by atoms with Crippen LogP contribution in [0.3, 0.4) is 0 Å². The summed E-state index contributed by atoms with van der Waals surface area (Å²) < 4.78 is 0. The highest BCUT2D eigenvalue weighted by atomic mass is 16.2. The summed E-state index contributed by atoms with van der Waals surface area (Å²) in [6.07, 6.45) is 1.75. The quantitative estimate of drug-likeness (QED) is 0.909. The molecule has 0 radical (unpaired) electrons. The molecule has 0 aromatic carbocycles. The zero-order chi connectivity index (χ0) is 16.9. The Kier molecular flexibility index (Phi) is 5.00. The Morgan fingerprint density at radius 1 is 1.21 bits per heavy atom. The van der Waals surface area contributed by atoms with E-state index in [1.807, 2.05) is 23.1 Å². The van der Waals surface area contributed by atoms with Gasteiger partial charge in [0.05, 0.1) is 12.2 Å². The van der Waals surface area contributed by atoms with Gasteiger partial charge in [-0.2, -0.15) is 0 Å². The average Bonchev–Trinajstić information content (AvgIpc) is 2.60. The molecule has 126 valence electrons. The monoisotopic (exact) mass is 326 g/mol. The van der Waals surface area contributed by atoms with Crippen molar-refractivity contribution < 1.29 is 4.79 Å². The third kappa shape index (κ3) is 4.05. The molecule has 3 rings (SSSR count). The second kappa shape index (κ2) is 7.35. The molecular formula is C17H22N6O. The molecule has 1 aliphatic heterocycles. The number of carbonyl (C=O) groups is 1. The van der Waals surface area contributed by atoms with Gasteiger partial charge in [0.25, 0.3) is 5.91 Å². The van der Waals surface area contributed by atoms with Crippen molar-refractivity contribution in [3.63, 3.8) is 0 Å². The Morgan fingerprint density at radius 2 is 2.00 bits per heavy atom. The van der Waals surface area contributed by atoms with E-state index in [4.69, 9.17) is 0 Å². The van der Waals surface area contributed by atoms with Crippen LogP contribution in [-0.2, 0) is 6.54 Å². The fraction of sp³-hybridized carbons (Fsp3) is 0.412. The largest absolute Gasteiger partial charge is 0.364 e. The topological polar surface area (TPSA) is 74.2 Å². The SMILES string of the molecule is Cc1nc(NCc2ccccn2)cc(C(=O)N2CCN(C)CC2)n1. The zero-order valence-electron chi connectivity index (χ0n) is 14.1. The van der Waals surface area contributed by atoms with Gasteiger partial charge in [0.2, 0.25) is 0 Å². The summed E-state index contributed by atoms with van der Waals surface area (Å²) in [5, 5.41) is 3.21. The van der Waals surface area contributed by atoms with Crippen molar-refractivity contribution in [3.05, 3.63) is 47.7 Å². The van der Waals surface area contributed by atoms with Crippen LogP contribution in [-0.4, -0.2) is 63.9 Å². The van der Waals surface area contributed by atoms with E-state index < -0.39 is 0 Å². The van der Waals surface area contributed by atoms with Gasteiger partial charge in [0, 0.05) is 38.4 Å². The van der Waals surface area contributed by atoms with Crippen molar-refractivity contribution >= 4 is 11.7 Å². The highest BCUT2D eigenvalue weighted by Gasteiger charge is 2.22. The first-order valence-electron chi connectivity index (χ1n) is 8.09. The summed E-state index contributed by atoms with van der Waals surface area (Å²) in [5.41, 5.74) is 1.36. The number of amides is 1. The molecule has 0 atom stereocenters. The van der Waals surface area contributed by atoms with Crippen LogP contribution in [0.2, 0.25) is 0 Å². The summed E-state index contributed by atoms with van der Waals surface area (Å²) in [6.45, 7) is 5.59. The van der Waals surface area contributed by atoms with Crippen molar-refractivity contribution in [2.75, 3.05) is 38.5 Å². The molecule has 24 heavy (non-hydrogen) atoms. The summed E-state index contributed by atoms with van der Waals surface area (Å²) in [4.78, 5) is 29.7. The van der Waals surface area contributed by atoms with Crippen molar-refractivity contribution in [1.29, 1.82) is 0 Å². The van der Waals surface area contributed by atoms with E-state index in [1.165, 1.54) is 0 Å². The van der Waals surface area contributed by atoms with Crippen molar-refractivity contribution in [2.24, 2.45) is 0 Å². The fourth-order valence-corrected chi connectivity index (χ4v) is 2.62. The molecule has 0 saturated carbocycles. The summed E-state index contributed by atoms with van der Waals surface area (Å²) in [7, 11) is 2.07. The molecule has 1 amide bonds. The van der Waals surface area contributed by atoms with Crippen molar-refractivity contribution in [1.82, 2.24) is 24.8 Å². The lowest BCUT2D eigenvalue weighted by Gasteiger charge is -2.32. The number of hydrogen-bond acceptors (Lipinski definition) is 6. The maximum Gasteiger partial charge on any atom is 0.272 e. The number of rotatable bonds is 4. The fourth-order valence-electron chi connectivity index (χ4n) is 2.62. The maximum absolute atomic E-state index is 12.7.